The minimum atomic E-state index is -0.541. The van der Waals surface area contributed by atoms with Crippen molar-refractivity contribution in [1.82, 2.24) is 0 Å². The smallest absolute Gasteiger partial charge is 0.0997 e. The van der Waals surface area contributed by atoms with Crippen LogP contribution in [0.3, 0.4) is 0 Å². The molecule has 0 spiro atoms. The summed E-state index contributed by atoms with van der Waals surface area (Å²) >= 11 is 1.91. The maximum Gasteiger partial charge on any atom is 0.0997 e. The Kier molecular flexibility index (Phi) is 3.70. The number of aliphatic hydroxyl groups is 1. The van der Waals surface area contributed by atoms with Crippen molar-refractivity contribution in [3.63, 3.8) is 0 Å². The van der Waals surface area contributed by atoms with Crippen LogP contribution in [0.4, 0.5) is 0 Å². The lowest BCUT2D eigenvalue weighted by Gasteiger charge is -2.47. The molecule has 0 aromatic carbocycles. The Bertz CT molecular complexity index is 282. The van der Waals surface area contributed by atoms with Crippen LogP contribution in [0.1, 0.15) is 52.4 Å². The molecule has 0 amide bonds. The van der Waals surface area contributed by atoms with Crippen molar-refractivity contribution in [2.24, 2.45) is 5.41 Å². The summed E-state index contributed by atoms with van der Waals surface area (Å²) < 4.78 is 0. The Hall–Kier alpha value is 0.0500. The molecular formula is C14H24OS. The zero-order valence-corrected chi connectivity index (χ0v) is 11.4. The zero-order chi connectivity index (χ0) is 11.6. The minimum absolute atomic E-state index is 0.0500. The molecule has 92 valence electrons. The summed E-state index contributed by atoms with van der Waals surface area (Å²) in [6.07, 6.45) is 9.62. The second-order valence-corrected chi connectivity index (χ2v) is 6.98. The number of hydrogen-bond acceptors (Lipinski definition) is 2. The van der Waals surface area contributed by atoms with Crippen LogP contribution in [-0.4, -0.2) is 22.2 Å². The van der Waals surface area contributed by atoms with Gasteiger partial charge in [0.2, 0.25) is 0 Å². The topological polar surface area (TPSA) is 20.2 Å². The predicted octanol–water partition coefficient (Wildman–Crippen LogP) is 3.77. The normalized spacial score (nSPS) is 35.3. The number of rotatable bonds is 1. The largest absolute Gasteiger partial charge is 0.384 e. The summed E-state index contributed by atoms with van der Waals surface area (Å²) in [5.74, 6) is 2.09. The van der Waals surface area contributed by atoms with Crippen LogP contribution in [0.2, 0.25) is 0 Å². The van der Waals surface area contributed by atoms with E-state index in [4.69, 9.17) is 0 Å². The van der Waals surface area contributed by atoms with Crippen molar-refractivity contribution in [2.75, 3.05) is 11.5 Å². The van der Waals surface area contributed by atoms with Gasteiger partial charge in [0.15, 0.2) is 0 Å². The molecule has 1 unspecified atom stereocenters. The Morgan fingerprint density at radius 3 is 2.81 bits per heavy atom. The van der Waals surface area contributed by atoms with E-state index < -0.39 is 5.60 Å². The van der Waals surface area contributed by atoms with Gasteiger partial charge >= 0.3 is 0 Å². The third-order valence-electron chi connectivity index (χ3n) is 4.37. The van der Waals surface area contributed by atoms with Crippen LogP contribution in [-0.2, 0) is 0 Å². The monoisotopic (exact) mass is 240 g/mol. The average Bonchev–Trinajstić information content (AvgIpc) is 2.51. The fraction of sp³-hybridized carbons (Fsp3) is 0.857. The van der Waals surface area contributed by atoms with Gasteiger partial charge in [-0.05, 0) is 48.8 Å². The Balaban J connectivity index is 2.24. The summed E-state index contributed by atoms with van der Waals surface area (Å²) in [4.78, 5) is 0. The molecule has 1 N–H and O–H groups in total. The molecule has 0 bridgehead atoms. The molecule has 0 radical (unpaired) electrons. The van der Waals surface area contributed by atoms with Gasteiger partial charge in [0, 0.05) is 5.75 Å². The SMILES string of the molecule is CC1(C)CCSCC1(O)C1=CCCCCC1. The van der Waals surface area contributed by atoms with Crippen molar-refractivity contribution in [3.05, 3.63) is 11.6 Å². The Labute approximate surface area is 104 Å². The molecule has 0 saturated carbocycles. The molecule has 1 saturated heterocycles. The van der Waals surface area contributed by atoms with Gasteiger partial charge in [-0.2, -0.15) is 11.8 Å². The molecule has 1 heterocycles. The van der Waals surface area contributed by atoms with Crippen LogP contribution in [0.25, 0.3) is 0 Å². The van der Waals surface area contributed by atoms with E-state index in [1.165, 1.54) is 37.0 Å². The number of thioether (sulfide) groups is 1. The van der Waals surface area contributed by atoms with Crippen molar-refractivity contribution in [1.29, 1.82) is 0 Å². The number of hydrogen-bond donors (Lipinski definition) is 1. The average molecular weight is 240 g/mol. The van der Waals surface area contributed by atoms with Gasteiger partial charge in [0.05, 0.1) is 5.60 Å². The van der Waals surface area contributed by atoms with Gasteiger partial charge in [0.25, 0.3) is 0 Å². The van der Waals surface area contributed by atoms with Crippen molar-refractivity contribution < 1.29 is 5.11 Å². The van der Waals surface area contributed by atoms with Gasteiger partial charge in [-0.15, -0.1) is 0 Å². The molecule has 2 heteroatoms. The van der Waals surface area contributed by atoms with Crippen molar-refractivity contribution in [2.45, 2.75) is 58.0 Å². The summed E-state index contributed by atoms with van der Waals surface area (Å²) in [6, 6.07) is 0. The molecule has 0 aromatic heterocycles. The van der Waals surface area contributed by atoms with Crippen LogP contribution in [0, 0.1) is 5.41 Å². The van der Waals surface area contributed by atoms with E-state index in [1.54, 1.807) is 0 Å². The van der Waals surface area contributed by atoms with Crippen molar-refractivity contribution in [3.8, 4) is 0 Å². The van der Waals surface area contributed by atoms with Gasteiger partial charge in [0.1, 0.15) is 0 Å². The second kappa shape index (κ2) is 4.73. The van der Waals surface area contributed by atoms with Gasteiger partial charge < -0.3 is 5.11 Å². The highest BCUT2D eigenvalue weighted by Gasteiger charge is 2.47. The van der Waals surface area contributed by atoms with E-state index >= 15 is 0 Å². The second-order valence-electron chi connectivity index (χ2n) is 5.88. The molecule has 16 heavy (non-hydrogen) atoms. The lowest BCUT2D eigenvalue weighted by atomic mass is 9.68. The molecule has 2 rings (SSSR count). The summed E-state index contributed by atoms with van der Waals surface area (Å²) in [5, 5.41) is 11.1. The lowest BCUT2D eigenvalue weighted by molar-refractivity contribution is -0.0222. The van der Waals surface area contributed by atoms with Crippen molar-refractivity contribution >= 4 is 11.8 Å². The predicted molar refractivity (Wildman–Crippen MR) is 71.8 cm³/mol. The zero-order valence-electron chi connectivity index (χ0n) is 10.6. The first-order valence-electron chi connectivity index (χ1n) is 6.56. The van der Waals surface area contributed by atoms with Gasteiger partial charge in [-0.3, -0.25) is 0 Å². The fourth-order valence-corrected chi connectivity index (χ4v) is 4.54. The fourth-order valence-electron chi connectivity index (χ4n) is 2.87. The molecule has 1 atom stereocenters. The van der Waals surface area contributed by atoms with E-state index in [0.717, 1.165) is 18.6 Å². The molecule has 1 nitrogen and oxygen atoms in total. The van der Waals surface area contributed by atoms with E-state index in [0.29, 0.717) is 0 Å². The minimum Gasteiger partial charge on any atom is -0.384 e. The highest BCUT2D eigenvalue weighted by Crippen LogP contribution is 2.48. The summed E-state index contributed by atoms with van der Waals surface area (Å²) in [7, 11) is 0. The highest BCUT2D eigenvalue weighted by atomic mass is 32.2. The van der Waals surface area contributed by atoms with Gasteiger partial charge in [-0.25, -0.2) is 0 Å². The first-order chi connectivity index (χ1) is 7.56. The summed E-state index contributed by atoms with van der Waals surface area (Å²) in [5.41, 5.74) is 0.844. The molecule has 2 aliphatic rings. The molecule has 1 aliphatic heterocycles. The Morgan fingerprint density at radius 2 is 2.06 bits per heavy atom. The first-order valence-corrected chi connectivity index (χ1v) is 7.71. The first kappa shape index (κ1) is 12.5. The highest BCUT2D eigenvalue weighted by molar-refractivity contribution is 7.99. The van der Waals surface area contributed by atoms with E-state index in [1.807, 2.05) is 11.8 Å². The maximum atomic E-state index is 11.1. The third kappa shape index (κ3) is 2.19. The third-order valence-corrected chi connectivity index (χ3v) is 5.49. The molecular weight excluding hydrogens is 216 g/mol. The molecule has 1 aliphatic carbocycles. The van der Waals surface area contributed by atoms with Crippen LogP contribution in [0.15, 0.2) is 11.6 Å². The molecule has 0 aromatic rings. The van der Waals surface area contributed by atoms with Crippen LogP contribution in [0.5, 0.6) is 0 Å². The van der Waals surface area contributed by atoms with Gasteiger partial charge in [-0.1, -0.05) is 26.3 Å². The maximum absolute atomic E-state index is 11.1. The molecule has 1 fully saturated rings. The Morgan fingerprint density at radius 1 is 1.25 bits per heavy atom. The van der Waals surface area contributed by atoms with Crippen LogP contribution >= 0.6 is 11.8 Å². The standard InChI is InChI=1S/C14H24OS/c1-13(2)9-10-16-11-14(13,15)12-7-5-3-4-6-8-12/h7,15H,3-6,8-11H2,1-2H3. The van der Waals surface area contributed by atoms with E-state index in [-0.39, 0.29) is 5.41 Å². The van der Waals surface area contributed by atoms with E-state index in [9.17, 15) is 5.11 Å². The van der Waals surface area contributed by atoms with Crippen LogP contribution < -0.4 is 0 Å². The quantitative estimate of drug-likeness (QED) is 0.704. The summed E-state index contributed by atoms with van der Waals surface area (Å²) in [6.45, 7) is 4.47. The van der Waals surface area contributed by atoms with E-state index in [2.05, 4.69) is 19.9 Å². The lowest BCUT2D eigenvalue weighted by Crippen LogP contribution is -2.51. The number of allylic oxidation sites excluding steroid dienone is 1.